The first-order chi connectivity index (χ1) is 6.81. The first-order valence-electron chi connectivity index (χ1n) is 5.15. The predicted octanol–water partition coefficient (Wildman–Crippen LogP) is 3.50. The molecular weight excluding hydrogens is 170 g/mol. The van der Waals surface area contributed by atoms with Crippen molar-refractivity contribution in [1.82, 2.24) is 4.98 Å². The van der Waals surface area contributed by atoms with E-state index >= 15 is 0 Å². The fourth-order valence-corrected chi connectivity index (χ4v) is 1.80. The number of nitrogens with zero attached hydrogens (tertiary/aromatic N) is 1. The molecular formula is C13H15N. The summed E-state index contributed by atoms with van der Waals surface area (Å²) in [5.41, 5.74) is 3.84. The Hall–Kier alpha value is -1.37. The molecule has 2 rings (SSSR count). The second-order valence-corrected chi connectivity index (χ2v) is 3.74. The highest BCUT2D eigenvalue weighted by Gasteiger charge is 2.00. The molecule has 1 aromatic heterocycles. The molecule has 0 saturated carbocycles. The van der Waals surface area contributed by atoms with Crippen LogP contribution in [0.1, 0.15) is 24.5 Å². The Labute approximate surface area is 84.8 Å². The maximum atomic E-state index is 4.37. The summed E-state index contributed by atoms with van der Waals surface area (Å²) in [7, 11) is 0. The number of rotatable bonds is 2. The molecule has 0 aliphatic rings. The Kier molecular flexibility index (Phi) is 2.49. The SMILES string of the molecule is CCCc1ccnc2ccc(C)cc12. The minimum atomic E-state index is 1.11. The molecule has 0 bridgehead atoms. The van der Waals surface area contributed by atoms with Gasteiger partial charge in [0.2, 0.25) is 0 Å². The highest BCUT2D eigenvalue weighted by molar-refractivity contribution is 5.82. The fraction of sp³-hybridized carbons (Fsp3) is 0.308. The molecule has 0 aliphatic carbocycles. The van der Waals surface area contributed by atoms with Gasteiger partial charge in [-0.3, -0.25) is 4.98 Å². The number of fused-ring (bicyclic) bond motifs is 1. The van der Waals surface area contributed by atoms with Crippen LogP contribution in [0.25, 0.3) is 10.9 Å². The van der Waals surface area contributed by atoms with Gasteiger partial charge in [-0.2, -0.15) is 0 Å². The maximum absolute atomic E-state index is 4.37. The van der Waals surface area contributed by atoms with Gasteiger partial charge in [0, 0.05) is 11.6 Å². The maximum Gasteiger partial charge on any atom is 0.0704 e. The van der Waals surface area contributed by atoms with Crippen molar-refractivity contribution >= 4 is 10.9 Å². The van der Waals surface area contributed by atoms with Crippen LogP contribution in [0, 0.1) is 6.92 Å². The molecule has 1 heteroatoms. The van der Waals surface area contributed by atoms with Gasteiger partial charge in [-0.05, 0) is 37.1 Å². The van der Waals surface area contributed by atoms with E-state index in [4.69, 9.17) is 0 Å². The summed E-state index contributed by atoms with van der Waals surface area (Å²) in [5, 5.41) is 1.31. The second-order valence-electron chi connectivity index (χ2n) is 3.74. The van der Waals surface area contributed by atoms with Crippen molar-refractivity contribution in [1.29, 1.82) is 0 Å². The number of benzene rings is 1. The molecule has 0 fully saturated rings. The van der Waals surface area contributed by atoms with E-state index < -0.39 is 0 Å². The molecule has 1 heterocycles. The van der Waals surface area contributed by atoms with Crippen molar-refractivity contribution in [3.05, 3.63) is 41.6 Å². The normalized spacial score (nSPS) is 10.7. The van der Waals surface area contributed by atoms with E-state index in [1.165, 1.54) is 22.9 Å². The Bertz CT molecular complexity index is 446. The van der Waals surface area contributed by atoms with Gasteiger partial charge >= 0.3 is 0 Å². The Morgan fingerprint density at radius 2 is 2.07 bits per heavy atom. The van der Waals surface area contributed by atoms with Gasteiger partial charge in [0.15, 0.2) is 0 Å². The van der Waals surface area contributed by atoms with E-state index in [9.17, 15) is 0 Å². The van der Waals surface area contributed by atoms with Crippen LogP contribution in [0.2, 0.25) is 0 Å². The topological polar surface area (TPSA) is 12.9 Å². The molecule has 72 valence electrons. The van der Waals surface area contributed by atoms with E-state index in [1.807, 2.05) is 6.20 Å². The third kappa shape index (κ3) is 1.63. The number of aromatic nitrogens is 1. The summed E-state index contributed by atoms with van der Waals surface area (Å²) < 4.78 is 0. The third-order valence-electron chi connectivity index (χ3n) is 2.51. The van der Waals surface area contributed by atoms with Crippen molar-refractivity contribution in [2.45, 2.75) is 26.7 Å². The van der Waals surface area contributed by atoms with Crippen LogP contribution in [0.3, 0.4) is 0 Å². The van der Waals surface area contributed by atoms with Gasteiger partial charge in [-0.1, -0.05) is 25.0 Å². The summed E-state index contributed by atoms with van der Waals surface area (Å²) >= 11 is 0. The molecule has 2 aromatic rings. The largest absolute Gasteiger partial charge is 0.256 e. The van der Waals surface area contributed by atoms with E-state index in [1.54, 1.807) is 0 Å². The van der Waals surface area contributed by atoms with Gasteiger partial charge in [-0.25, -0.2) is 0 Å². The Morgan fingerprint density at radius 1 is 1.21 bits per heavy atom. The van der Waals surface area contributed by atoms with Crippen LogP contribution in [-0.2, 0) is 6.42 Å². The van der Waals surface area contributed by atoms with Crippen molar-refractivity contribution in [2.24, 2.45) is 0 Å². The van der Waals surface area contributed by atoms with Crippen molar-refractivity contribution in [3.8, 4) is 0 Å². The van der Waals surface area contributed by atoms with Crippen molar-refractivity contribution in [2.75, 3.05) is 0 Å². The lowest BCUT2D eigenvalue weighted by Gasteiger charge is -2.05. The molecule has 14 heavy (non-hydrogen) atoms. The van der Waals surface area contributed by atoms with Crippen LogP contribution in [0.15, 0.2) is 30.5 Å². The van der Waals surface area contributed by atoms with Crippen LogP contribution in [-0.4, -0.2) is 4.98 Å². The number of hydrogen-bond acceptors (Lipinski definition) is 1. The van der Waals surface area contributed by atoms with Gasteiger partial charge in [0.05, 0.1) is 5.52 Å². The van der Waals surface area contributed by atoms with Gasteiger partial charge < -0.3 is 0 Å². The number of hydrogen-bond donors (Lipinski definition) is 0. The van der Waals surface area contributed by atoms with E-state index in [0.29, 0.717) is 0 Å². The van der Waals surface area contributed by atoms with Crippen LogP contribution in [0.4, 0.5) is 0 Å². The number of pyridine rings is 1. The fourth-order valence-electron chi connectivity index (χ4n) is 1.80. The van der Waals surface area contributed by atoms with Crippen molar-refractivity contribution in [3.63, 3.8) is 0 Å². The molecule has 0 unspecified atom stereocenters. The van der Waals surface area contributed by atoms with Crippen LogP contribution < -0.4 is 0 Å². The van der Waals surface area contributed by atoms with Gasteiger partial charge in [-0.15, -0.1) is 0 Å². The predicted molar refractivity (Wildman–Crippen MR) is 60.5 cm³/mol. The molecule has 0 N–H and O–H groups in total. The monoisotopic (exact) mass is 185 g/mol. The lowest BCUT2D eigenvalue weighted by atomic mass is 10.0. The molecule has 0 radical (unpaired) electrons. The molecule has 0 spiro atoms. The van der Waals surface area contributed by atoms with Crippen LogP contribution in [0.5, 0.6) is 0 Å². The second kappa shape index (κ2) is 3.79. The smallest absolute Gasteiger partial charge is 0.0704 e. The average Bonchev–Trinajstić information content (AvgIpc) is 2.19. The summed E-state index contributed by atoms with van der Waals surface area (Å²) in [6.45, 7) is 4.34. The number of aryl methyl sites for hydroxylation is 2. The zero-order valence-electron chi connectivity index (χ0n) is 8.75. The summed E-state index contributed by atoms with van der Waals surface area (Å²) in [6, 6.07) is 8.58. The molecule has 1 aromatic carbocycles. The summed E-state index contributed by atoms with van der Waals surface area (Å²) in [6.07, 6.45) is 4.23. The summed E-state index contributed by atoms with van der Waals surface area (Å²) in [5.74, 6) is 0. The lowest BCUT2D eigenvalue weighted by molar-refractivity contribution is 0.927. The Morgan fingerprint density at radius 3 is 2.86 bits per heavy atom. The van der Waals surface area contributed by atoms with Crippen LogP contribution >= 0.6 is 0 Å². The first kappa shape index (κ1) is 9.20. The van der Waals surface area contributed by atoms with Gasteiger partial charge in [0.1, 0.15) is 0 Å². The molecule has 0 saturated heterocycles. The Balaban J connectivity index is 2.64. The molecule has 1 nitrogen and oxygen atoms in total. The van der Waals surface area contributed by atoms with E-state index in [2.05, 4.69) is 43.1 Å². The minimum absolute atomic E-state index is 1.11. The highest BCUT2D eigenvalue weighted by Crippen LogP contribution is 2.19. The third-order valence-corrected chi connectivity index (χ3v) is 2.51. The van der Waals surface area contributed by atoms with Gasteiger partial charge in [0.25, 0.3) is 0 Å². The zero-order valence-corrected chi connectivity index (χ0v) is 8.75. The van der Waals surface area contributed by atoms with E-state index in [0.717, 1.165) is 11.9 Å². The van der Waals surface area contributed by atoms with E-state index in [-0.39, 0.29) is 0 Å². The minimum Gasteiger partial charge on any atom is -0.256 e. The zero-order chi connectivity index (χ0) is 9.97. The quantitative estimate of drug-likeness (QED) is 0.697. The molecule has 0 amide bonds. The molecule has 0 aliphatic heterocycles. The first-order valence-corrected chi connectivity index (χ1v) is 5.15. The standard InChI is InChI=1S/C13H15N/c1-3-4-11-7-8-14-13-6-5-10(2)9-12(11)13/h5-9H,3-4H2,1-2H3. The molecule has 0 atom stereocenters. The highest BCUT2D eigenvalue weighted by atomic mass is 14.6. The average molecular weight is 185 g/mol. The summed E-state index contributed by atoms with van der Waals surface area (Å²) in [4.78, 5) is 4.37. The van der Waals surface area contributed by atoms with Crippen molar-refractivity contribution < 1.29 is 0 Å². The lowest BCUT2D eigenvalue weighted by Crippen LogP contribution is -1.88.